The van der Waals surface area contributed by atoms with Crippen molar-refractivity contribution in [1.82, 2.24) is 10.6 Å². The zero-order chi connectivity index (χ0) is 13.9. The maximum atomic E-state index is 12.3. The molecule has 1 aliphatic heterocycles. The van der Waals surface area contributed by atoms with Crippen molar-refractivity contribution in [3.8, 4) is 0 Å². The maximum absolute atomic E-state index is 12.3. The van der Waals surface area contributed by atoms with Gasteiger partial charge in [0.25, 0.3) is 0 Å². The Hall–Kier alpha value is -0.570. The average Bonchev–Trinajstić information content (AvgIpc) is 2.95. The van der Waals surface area contributed by atoms with Gasteiger partial charge in [-0.05, 0) is 50.5 Å². The molecule has 2 fully saturated rings. The molecule has 0 aromatic carbocycles. The molecule has 1 saturated heterocycles. The Morgan fingerprint density at radius 1 is 1.37 bits per heavy atom. The number of carbonyl (C=O) groups excluding carboxylic acids is 1. The van der Waals surface area contributed by atoms with Gasteiger partial charge in [-0.3, -0.25) is 4.79 Å². The number of amides is 1. The van der Waals surface area contributed by atoms with Crippen LogP contribution in [0.15, 0.2) is 0 Å². The zero-order valence-corrected chi connectivity index (χ0v) is 12.8. The summed E-state index contributed by atoms with van der Waals surface area (Å²) in [5.41, 5.74) is 0.388. The van der Waals surface area contributed by atoms with Crippen molar-refractivity contribution >= 4 is 5.91 Å². The summed E-state index contributed by atoms with van der Waals surface area (Å²) in [4.78, 5) is 12.3. The van der Waals surface area contributed by atoms with Crippen LogP contribution in [0.4, 0.5) is 0 Å². The summed E-state index contributed by atoms with van der Waals surface area (Å²) in [6, 6.07) is 0.338. The monoisotopic (exact) mass is 266 g/mol. The van der Waals surface area contributed by atoms with E-state index in [1.807, 2.05) is 0 Å². The van der Waals surface area contributed by atoms with E-state index in [9.17, 15) is 4.79 Å². The lowest BCUT2D eigenvalue weighted by Gasteiger charge is -2.32. The van der Waals surface area contributed by atoms with Gasteiger partial charge in [0.05, 0.1) is 5.92 Å². The molecule has 0 bridgehead atoms. The second-order valence-electron chi connectivity index (χ2n) is 7.16. The van der Waals surface area contributed by atoms with Crippen LogP contribution in [-0.2, 0) is 4.79 Å². The van der Waals surface area contributed by atoms with Crippen molar-refractivity contribution in [2.24, 2.45) is 17.3 Å². The van der Waals surface area contributed by atoms with Crippen molar-refractivity contribution in [3.63, 3.8) is 0 Å². The number of rotatable bonds is 5. The highest BCUT2D eigenvalue weighted by molar-refractivity contribution is 5.79. The quantitative estimate of drug-likeness (QED) is 0.803. The first-order valence-corrected chi connectivity index (χ1v) is 8.03. The predicted octanol–water partition coefficient (Wildman–Crippen LogP) is 2.71. The van der Waals surface area contributed by atoms with Gasteiger partial charge in [0.1, 0.15) is 0 Å². The molecule has 0 spiro atoms. The zero-order valence-electron chi connectivity index (χ0n) is 12.8. The van der Waals surface area contributed by atoms with E-state index in [-0.39, 0.29) is 11.8 Å². The molecule has 1 heterocycles. The van der Waals surface area contributed by atoms with Crippen molar-refractivity contribution < 1.29 is 4.79 Å². The van der Waals surface area contributed by atoms with Gasteiger partial charge in [0.2, 0.25) is 5.91 Å². The third-order valence-corrected chi connectivity index (χ3v) is 5.01. The van der Waals surface area contributed by atoms with Gasteiger partial charge >= 0.3 is 0 Å². The molecule has 0 aromatic heterocycles. The first-order chi connectivity index (χ1) is 9.02. The van der Waals surface area contributed by atoms with E-state index in [0.717, 1.165) is 25.4 Å². The van der Waals surface area contributed by atoms with E-state index in [4.69, 9.17) is 0 Å². The van der Waals surface area contributed by atoms with E-state index in [0.29, 0.717) is 11.5 Å². The SMILES string of the molecule is CC(C)CC1(CNC(=O)C2CCNC2C)CCCC1. The fourth-order valence-electron chi connectivity index (χ4n) is 4.07. The Morgan fingerprint density at radius 2 is 2.05 bits per heavy atom. The van der Waals surface area contributed by atoms with Crippen molar-refractivity contribution in [2.75, 3.05) is 13.1 Å². The molecule has 1 saturated carbocycles. The van der Waals surface area contributed by atoms with Crippen LogP contribution >= 0.6 is 0 Å². The second kappa shape index (κ2) is 6.25. The number of nitrogens with one attached hydrogen (secondary N) is 2. The van der Waals surface area contributed by atoms with E-state index in [1.54, 1.807) is 0 Å². The number of carbonyl (C=O) groups is 1. The highest BCUT2D eigenvalue weighted by Crippen LogP contribution is 2.42. The molecule has 19 heavy (non-hydrogen) atoms. The highest BCUT2D eigenvalue weighted by Gasteiger charge is 2.36. The summed E-state index contributed by atoms with van der Waals surface area (Å²) in [7, 11) is 0. The van der Waals surface area contributed by atoms with Gasteiger partial charge in [-0.25, -0.2) is 0 Å². The first kappa shape index (κ1) is 14.8. The molecule has 2 N–H and O–H groups in total. The second-order valence-corrected chi connectivity index (χ2v) is 7.16. The summed E-state index contributed by atoms with van der Waals surface area (Å²) in [5, 5.41) is 6.62. The molecular formula is C16H30N2O. The molecule has 2 atom stereocenters. The molecule has 2 aliphatic rings. The predicted molar refractivity (Wildman–Crippen MR) is 78.9 cm³/mol. The molecule has 3 nitrogen and oxygen atoms in total. The van der Waals surface area contributed by atoms with Crippen LogP contribution in [0.1, 0.15) is 59.3 Å². The third kappa shape index (κ3) is 3.71. The molecule has 1 aliphatic carbocycles. The summed E-state index contributed by atoms with van der Waals surface area (Å²) >= 11 is 0. The highest BCUT2D eigenvalue weighted by atomic mass is 16.1. The molecular weight excluding hydrogens is 236 g/mol. The third-order valence-electron chi connectivity index (χ3n) is 5.01. The smallest absolute Gasteiger partial charge is 0.224 e. The lowest BCUT2D eigenvalue weighted by Crippen LogP contribution is -2.42. The molecule has 3 heteroatoms. The fraction of sp³-hybridized carbons (Fsp3) is 0.938. The summed E-state index contributed by atoms with van der Waals surface area (Å²) in [6.07, 6.45) is 7.51. The minimum atomic E-state index is 0.178. The van der Waals surface area contributed by atoms with Crippen LogP contribution in [0, 0.1) is 17.3 Å². The van der Waals surface area contributed by atoms with Crippen LogP contribution < -0.4 is 10.6 Å². The van der Waals surface area contributed by atoms with Gasteiger partial charge in [0, 0.05) is 12.6 Å². The van der Waals surface area contributed by atoms with Crippen molar-refractivity contribution in [1.29, 1.82) is 0 Å². The van der Waals surface area contributed by atoms with Crippen molar-refractivity contribution in [2.45, 2.75) is 65.3 Å². The molecule has 110 valence electrons. The van der Waals surface area contributed by atoms with Crippen LogP contribution in [0.25, 0.3) is 0 Å². The van der Waals surface area contributed by atoms with Crippen LogP contribution in [0.5, 0.6) is 0 Å². The Balaban J connectivity index is 1.86. The van der Waals surface area contributed by atoms with Gasteiger partial charge in [-0.1, -0.05) is 26.7 Å². The lowest BCUT2D eigenvalue weighted by atomic mass is 9.78. The van der Waals surface area contributed by atoms with Crippen molar-refractivity contribution in [3.05, 3.63) is 0 Å². The van der Waals surface area contributed by atoms with Crippen LogP contribution in [-0.4, -0.2) is 25.0 Å². The first-order valence-electron chi connectivity index (χ1n) is 8.03. The Bertz CT molecular complexity index is 308. The largest absolute Gasteiger partial charge is 0.355 e. The van der Waals surface area contributed by atoms with Crippen LogP contribution in [0.2, 0.25) is 0 Å². The topological polar surface area (TPSA) is 41.1 Å². The summed E-state index contributed by atoms with van der Waals surface area (Å²) in [5.74, 6) is 1.17. The van der Waals surface area contributed by atoms with Gasteiger partial charge < -0.3 is 10.6 Å². The molecule has 2 rings (SSSR count). The fourth-order valence-corrected chi connectivity index (χ4v) is 4.07. The standard InChI is InChI=1S/C16H30N2O/c1-12(2)10-16(7-4-5-8-16)11-18-15(19)14-6-9-17-13(14)3/h12-14,17H,4-11H2,1-3H3,(H,18,19). The summed E-state index contributed by atoms with van der Waals surface area (Å²) in [6.45, 7) is 8.59. The Morgan fingerprint density at radius 3 is 2.58 bits per heavy atom. The minimum Gasteiger partial charge on any atom is -0.355 e. The van der Waals surface area contributed by atoms with E-state index >= 15 is 0 Å². The number of hydrogen-bond donors (Lipinski definition) is 2. The van der Waals surface area contributed by atoms with Gasteiger partial charge in [-0.15, -0.1) is 0 Å². The minimum absolute atomic E-state index is 0.178. The van der Waals surface area contributed by atoms with Crippen LogP contribution in [0.3, 0.4) is 0 Å². The Labute approximate surface area is 117 Å². The number of hydrogen-bond acceptors (Lipinski definition) is 2. The van der Waals surface area contributed by atoms with E-state index < -0.39 is 0 Å². The van der Waals surface area contributed by atoms with Gasteiger partial charge in [-0.2, -0.15) is 0 Å². The van der Waals surface area contributed by atoms with E-state index in [1.165, 1.54) is 32.1 Å². The maximum Gasteiger partial charge on any atom is 0.224 e. The van der Waals surface area contributed by atoms with Gasteiger partial charge in [0.15, 0.2) is 0 Å². The average molecular weight is 266 g/mol. The summed E-state index contributed by atoms with van der Waals surface area (Å²) < 4.78 is 0. The molecule has 0 radical (unpaired) electrons. The Kier molecular flexibility index (Phi) is 4.88. The molecule has 2 unspecified atom stereocenters. The molecule has 0 aromatic rings. The van der Waals surface area contributed by atoms with E-state index in [2.05, 4.69) is 31.4 Å². The normalized spacial score (nSPS) is 29.9. The lowest BCUT2D eigenvalue weighted by molar-refractivity contribution is -0.125. The molecule has 1 amide bonds.